The van der Waals surface area contributed by atoms with Gasteiger partial charge >= 0.3 is 0 Å². The van der Waals surface area contributed by atoms with Crippen LogP contribution >= 0.6 is 23.2 Å². The molecule has 1 N–H and O–H groups in total. The summed E-state index contributed by atoms with van der Waals surface area (Å²) in [5.74, 6) is 0.321. The standard InChI is InChI=1S/C23H28Cl2N4O/c1-15(2)7-10-28-11-8-18(9-12-28)27-23(30)19-14-26-29(22(19)16-3-4-16)21-6-5-17(24)13-20(21)25/h5-7,13-14,16,18H,3-4,8-12H2,1-2H3,(H,27,30). The quantitative estimate of drug-likeness (QED) is 0.618. The summed E-state index contributed by atoms with van der Waals surface area (Å²) in [4.78, 5) is 15.5. The first-order valence-electron chi connectivity index (χ1n) is 10.6. The Bertz CT molecular complexity index is 952. The lowest BCUT2D eigenvalue weighted by Crippen LogP contribution is -2.44. The van der Waals surface area contributed by atoms with E-state index in [-0.39, 0.29) is 11.9 Å². The third-order valence-electron chi connectivity index (χ3n) is 5.83. The van der Waals surface area contributed by atoms with Crippen molar-refractivity contribution in [3.63, 3.8) is 0 Å². The largest absolute Gasteiger partial charge is 0.349 e. The summed E-state index contributed by atoms with van der Waals surface area (Å²) in [7, 11) is 0. The zero-order valence-electron chi connectivity index (χ0n) is 17.5. The van der Waals surface area contributed by atoms with E-state index in [1.807, 2.05) is 10.7 Å². The van der Waals surface area contributed by atoms with Crippen LogP contribution in [0.15, 0.2) is 36.0 Å². The van der Waals surface area contributed by atoms with Crippen molar-refractivity contribution >= 4 is 29.1 Å². The van der Waals surface area contributed by atoms with E-state index in [0.29, 0.717) is 21.5 Å². The Morgan fingerprint density at radius 3 is 2.57 bits per heavy atom. The van der Waals surface area contributed by atoms with Crippen molar-refractivity contribution < 1.29 is 4.79 Å². The molecule has 0 bridgehead atoms. The molecule has 0 radical (unpaired) electrons. The van der Waals surface area contributed by atoms with E-state index in [0.717, 1.165) is 56.7 Å². The first kappa shape index (κ1) is 21.4. The van der Waals surface area contributed by atoms with Crippen molar-refractivity contribution in [2.24, 2.45) is 0 Å². The summed E-state index contributed by atoms with van der Waals surface area (Å²) in [5.41, 5.74) is 3.72. The molecule has 2 aliphatic rings. The fourth-order valence-electron chi connectivity index (χ4n) is 3.96. The number of halogens is 2. The molecule has 0 atom stereocenters. The Kier molecular flexibility index (Phi) is 6.51. The van der Waals surface area contributed by atoms with E-state index >= 15 is 0 Å². The second-order valence-corrected chi connectivity index (χ2v) is 9.40. The first-order chi connectivity index (χ1) is 14.4. The van der Waals surface area contributed by atoms with Crippen molar-refractivity contribution in [1.29, 1.82) is 0 Å². The Balaban J connectivity index is 1.46. The molecule has 1 aromatic heterocycles. The number of piperidine rings is 1. The molecular weight excluding hydrogens is 419 g/mol. The maximum Gasteiger partial charge on any atom is 0.255 e. The highest BCUT2D eigenvalue weighted by atomic mass is 35.5. The molecule has 1 amide bonds. The van der Waals surface area contributed by atoms with Crippen molar-refractivity contribution in [3.8, 4) is 5.69 Å². The number of hydrogen-bond donors (Lipinski definition) is 1. The molecule has 5 nitrogen and oxygen atoms in total. The minimum atomic E-state index is -0.0315. The molecule has 2 heterocycles. The highest BCUT2D eigenvalue weighted by molar-refractivity contribution is 6.35. The number of hydrogen-bond acceptors (Lipinski definition) is 3. The van der Waals surface area contributed by atoms with Gasteiger partial charge < -0.3 is 5.32 Å². The normalized spacial score (nSPS) is 17.7. The van der Waals surface area contributed by atoms with Gasteiger partial charge in [-0.3, -0.25) is 9.69 Å². The number of aromatic nitrogens is 2. The van der Waals surface area contributed by atoms with Crippen LogP contribution in [-0.4, -0.2) is 46.3 Å². The number of rotatable bonds is 6. The number of nitrogens with one attached hydrogen (secondary N) is 1. The van der Waals surface area contributed by atoms with Crippen LogP contribution in [0.1, 0.15) is 61.5 Å². The van der Waals surface area contributed by atoms with Gasteiger partial charge in [0.1, 0.15) is 0 Å². The fourth-order valence-corrected chi connectivity index (χ4v) is 4.45. The van der Waals surface area contributed by atoms with Gasteiger partial charge in [-0.05, 0) is 57.7 Å². The van der Waals surface area contributed by atoms with E-state index in [4.69, 9.17) is 23.2 Å². The van der Waals surface area contributed by atoms with Crippen LogP contribution in [0.4, 0.5) is 0 Å². The number of likely N-dealkylation sites (tertiary alicyclic amines) is 1. The zero-order chi connectivity index (χ0) is 21.3. The summed E-state index contributed by atoms with van der Waals surface area (Å²) in [6.07, 6.45) is 8.02. The number of allylic oxidation sites excluding steroid dienone is 1. The van der Waals surface area contributed by atoms with Gasteiger partial charge in [0.2, 0.25) is 0 Å². The summed E-state index contributed by atoms with van der Waals surface area (Å²) in [6.45, 7) is 7.25. The van der Waals surface area contributed by atoms with E-state index < -0.39 is 0 Å². The minimum absolute atomic E-state index is 0.0315. The molecule has 1 aliphatic carbocycles. The molecule has 2 fully saturated rings. The van der Waals surface area contributed by atoms with Gasteiger partial charge in [0.05, 0.1) is 28.2 Å². The molecule has 1 aromatic carbocycles. The third kappa shape index (κ3) is 4.90. The molecule has 30 heavy (non-hydrogen) atoms. The van der Waals surface area contributed by atoms with Crippen LogP contribution < -0.4 is 5.32 Å². The number of nitrogens with zero attached hydrogens (tertiary/aromatic N) is 3. The average Bonchev–Trinajstić information content (AvgIpc) is 3.46. The molecule has 0 spiro atoms. The molecule has 0 unspecified atom stereocenters. The fraction of sp³-hybridized carbons (Fsp3) is 0.478. The minimum Gasteiger partial charge on any atom is -0.349 e. The van der Waals surface area contributed by atoms with Crippen LogP contribution in [0, 0.1) is 0 Å². The Hall–Kier alpha value is -1.82. The monoisotopic (exact) mass is 446 g/mol. The summed E-state index contributed by atoms with van der Waals surface area (Å²) >= 11 is 12.5. The van der Waals surface area contributed by atoms with Gasteiger partial charge in [0.25, 0.3) is 5.91 Å². The predicted molar refractivity (Wildman–Crippen MR) is 122 cm³/mol. The lowest BCUT2D eigenvalue weighted by molar-refractivity contribution is 0.0913. The van der Waals surface area contributed by atoms with Crippen molar-refractivity contribution in [2.45, 2.75) is 51.5 Å². The van der Waals surface area contributed by atoms with Crippen LogP contribution in [0.25, 0.3) is 5.69 Å². The molecule has 1 saturated carbocycles. The van der Waals surface area contributed by atoms with Crippen LogP contribution in [0.5, 0.6) is 0 Å². The number of benzene rings is 1. The van der Waals surface area contributed by atoms with Gasteiger partial charge in [-0.1, -0.05) is 34.9 Å². The van der Waals surface area contributed by atoms with E-state index in [1.165, 1.54) is 5.57 Å². The lowest BCUT2D eigenvalue weighted by atomic mass is 10.0. The molecule has 160 valence electrons. The topological polar surface area (TPSA) is 50.2 Å². The van der Waals surface area contributed by atoms with Crippen molar-refractivity contribution in [2.75, 3.05) is 19.6 Å². The predicted octanol–water partition coefficient (Wildman–Crippen LogP) is 5.22. The molecule has 2 aromatic rings. The maximum atomic E-state index is 13.1. The van der Waals surface area contributed by atoms with Crippen LogP contribution in [-0.2, 0) is 0 Å². The van der Waals surface area contributed by atoms with Gasteiger partial charge in [-0.25, -0.2) is 4.68 Å². The maximum absolute atomic E-state index is 13.1. The molecule has 4 rings (SSSR count). The van der Waals surface area contributed by atoms with Gasteiger partial charge in [-0.15, -0.1) is 0 Å². The van der Waals surface area contributed by atoms with Crippen molar-refractivity contribution in [3.05, 3.63) is 57.3 Å². The zero-order valence-corrected chi connectivity index (χ0v) is 19.0. The van der Waals surface area contributed by atoms with Gasteiger partial charge in [0.15, 0.2) is 0 Å². The Morgan fingerprint density at radius 2 is 1.93 bits per heavy atom. The molecular formula is C23H28Cl2N4O. The number of amides is 1. The van der Waals surface area contributed by atoms with Crippen molar-refractivity contribution in [1.82, 2.24) is 20.0 Å². The SMILES string of the molecule is CC(C)=CCN1CCC(NC(=O)c2cnn(-c3ccc(Cl)cc3Cl)c2C2CC2)CC1. The summed E-state index contributed by atoms with van der Waals surface area (Å²) in [5, 5.41) is 8.87. The van der Waals surface area contributed by atoms with Gasteiger partial charge in [0, 0.05) is 36.6 Å². The van der Waals surface area contributed by atoms with E-state index in [9.17, 15) is 4.79 Å². The van der Waals surface area contributed by atoms with Crippen LogP contribution in [0.3, 0.4) is 0 Å². The summed E-state index contributed by atoms with van der Waals surface area (Å²) < 4.78 is 1.81. The van der Waals surface area contributed by atoms with E-state index in [1.54, 1.807) is 18.3 Å². The van der Waals surface area contributed by atoms with Crippen LogP contribution in [0.2, 0.25) is 10.0 Å². The Labute approximate surface area is 188 Å². The Morgan fingerprint density at radius 1 is 1.20 bits per heavy atom. The molecule has 1 aliphatic heterocycles. The van der Waals surface area contributed by atoms with E-state index in [2.05, 4.69) is 35.2 Å². The summed E-state index contributed by atoms with van der Waals surface area (Å²) in [6, 6.07) is 5.56. The second kappa shape index (κ2) is 9.13. The molecule has 1 saturated heterocycles. The number of carbonyl (C=O) groups is 1. The first-order valence-corrected chi connectivity index (χ1v) is 11.4. The second-order valence-electron chi connectivity index (χ2n) is 8.56. The smallest absolute Gasteiger partial charge is 0.255 e. The lowest BCUT2D eigenvalue weighted by Gasteiger charge is -2.31. The third-order valence-corrected chi connectivity index (χ3v) is 6.37. The molecule has 7 heteroatoms. The average molecular weight is 447 g/mol. The highest BCUT2D eigenvalue weighted by Gasteiger charge is 2.34. The number of carbonyl (C=O) groups excluding carboxylic acids is 1. The van der Waals surface area contributed by atoms with Gasteiger partial charge in [-0.2, -0.15) is 5.10 Å². The highest BCUT2D eigenvalue weighted by Crippen LogP contribution is 2.43.